The molecule has 1 heterocycles. The van der Waals surface area contributed by atoms with Gasteiger partial charge in [-0.05, 0) is 56.0 Å². The van der Waals surface area contributed by atoms with Crippen LogP contribution in [0, 0.1) is 11.7 Å². The van der Waals surface area contributed by atoms with Crippen molar-refractivity contribution in [2.45, 2.75) is 32.7 Å². The molecule has 1 saturated carbocycles. The normalized spacial score (nSPS) is 14.8. The molecule has 1 aliphatic rings. The van der Waals surface area contributed by atoms with Gasteiger partial charge in [-0.1, -0.05) is 6.92 Å². The van der Waals surface area contributed by atoms with Crippen LogP contribution in [-0.4, -0.2) is 23.0 Å². The first-order chi connectivity index (χ1) is 10.2. The Hall–Kier alpha value is -1.68. The monoisotopic (exact) mass is 288 g/mol. The predicted molar refractivity (Wildman–Crippen MR) is 80.2 cm³/mol. The van der Waals surface area contributed by atoms with E-state index in [-0.39, 0.29) is 5.82 Å². The first kappa shape index (κ1) is 14.3. The number of hydrogen-bond donors (Lipinski definition) is 0. The highest BCUT2D eigenvalue weighted by Crippen LogP contribution is 2.30. The predicted octanol–water partition coefficient (Wildman–Crippen LogP) is 4.10. The smallest absolute Gasteiger partial charge is 0.226 e. The molecule has 0 amide bonds. The zero-order chi connectivity index (χ0) is 14.7. The third kappa shape index (κ3) is 3.91. The van der Waals surface area contributed by atoms with Gasteiger partial charge in [-0.25, -0.2) is 9.37 Å². The summed E-state index contributed by atoms with van der Waals surface area (Å²) < 4.78 is 18.5. The molecular formula is C17H21FN2O. The van der Waals surface area contributed by atoms with E-state index in [1.54, 1.807) is 18.4 Å². The van der Waals surface area contributed by atoms with Crippen LogP contribution in [0.25, 0.3) is 11.5 Å². The van der Waals surface area contributed by atoms with Gasteiger partial charge in [-0.2, -0.15) is 0 Å². The van der Waals surface area contributed by atoms with E-state index in [1.165, 1.54) is 25.0 Å². The van der Waals surface area contributed by atoms with Crippen molar-refractivity contribution < 1.29 is 8.81 Å². The molecule has 0 N–H and O–H groups in total. The minimum absolute atomic E-state index is 0.246. The average Bonchev–Trinajstić information content (AvgIpc) is 3.16. The van der Waals surface area contributed by atoms with E-state index < -0.39 is 0 Å². The summed E-state index contributed by atoms with van der Waals surface area (Å²) in [5.74, 6) is 1.19. The fraction of sp³-hybridized carbons (Fsp3) is 0.471. The molecule has 1 aromatic carbocycles. The third-order valence-corrected chi connectivity index (χ3v) is 3.78. The van der Waals surface area contributed by atoms with Crippen molar-refractivity contribution in [1.29, 1.82) is 0 Å². The summed E-state index contributed by atoms with van der Waals surface area (Å²) in [5, 5.41) is 0. The number of aromatic nitrogens is 1. The lowest BCUT2D eigenvalue weighted by Crippen LogP contribution is -2.26. The highest BCUT2D eigenvalue weighted by Gasteiger charge is 2.24. The second-order valence-electron chi connectivity index (χ2n) is 5.83. The van der Waals surface area contributed by atoms with E-state index in [4.69, 9.17) is 4.42 Å². The quantitative estimate of drug-likeness (QED) is 0.768. The summed E-state index contributed by atoms with van der Waals surface area (Å²) in [6.07, 6.45) is 5.59. The van der Waals surface area contributed by atoms with Crippen LogP contribution in [0.15, 0.2) is 34.9 Å². The van der Waals surface area contributed by atoms with Gasteiger partial charge in [0.05, 0.1) is 5.69 Å². The van der Waals surface area contributed by atoms with Crippen molar-refractivity contribution in [2.75, 3.05) is 13.1 Å². The molecule has 1 fully saturated rings. The standard InChI is InChI=1S/C17H21FN2O/c1-2-9-20(10-13-3-4-13)11-16-12-21-17(19-16)14-5-7-15(18)8-6-14/h5-8,12-13H,2-4,9-11H2,1H3. The Balaban J connectivity index is 1.66. The van der Waals surface area contributed by atoms with Crippen LogP contribution in [0.1, 0.15) is 31.9 Å². The van der Waals surface area contributed by atoms with Crippen molar-refractivity contribution in [1.82, 2.24) is 9.88 Å². The van der Waals surface area contributed by atoms with Crippen molar-refractivity contribution in [3.63, 3.8) is 0 Å². The lowest BCUT2D eigenvalue weighted by molar-refractivity contribution is 0.252. The van der Waals surface area contributed by atoms with Crippen LogP contribution in [0.2, 0.25) is 0 Å². The highest BCUT2D eigenvalue weighted by molar-refractivity contribution is 5.52. The van der Waals surface area contributed by atoms with Crippen molar-refractivity contribution in [2.24, 2.45) is 5.92 Å². The van der Waals surface area contributed by atoms with Crippen molar-refractivity contribution in [3.8, 4) is 11.5 Å². The maximum Gasteiger partial charge on any atom is 0.226 e. The molecule has 4 heteroatoms. The van der Waals surface area contributed by atoms with Gasteiger partial charge >= 0.3 is 0 Å². The fourth-order valence-electron chi connectivity index (χ4n) is 2.55. The molecule has 21 heavy (non-hydrogen) atoms. The van der Waals surface area contributed by atoms with E-state index in [2.05, 4.69) is 16.8 Å². The summed E-state index contributed by atoms with van der Waals surface area (Å²) >= 11 is 0. The molecule has 112 valence electrons. The summed E-state index contributed by atoms with van der Waals surface area (Å²) in [4.78, 5) is 6.98. The Labute approximate surface area is 124 Å². The molecule has 0 aliphatic heterocycles. The van der Waals surface area contributed by atoms with Crippen LogP contribution in [0.4, 0.5) is 4.39 Å². The zero-order valence-electron chi connectivity index (χ0n) is 12.4. The van der Waals surface area contributed by atoms with E-state index in [0.717, 1.165) is 43.2 Å². The summed E-state index contributed by atoms with van der Waals surface area (Å²) in [6, 6.07) is 6.24. The van der Waals surface area contributed by atoms with Gasteiger partial charge in [-0.15, -0.1) is 0 Å². The van der Waals surface area contributed by atoms with Crippen LogP contribution in [0.5, 0.6) is 0 Å². The van der Waals surface area contributed by atoms with Crippen LogP contribution in [0.3, 0.4) is 0 Å². The number of hydrogen-bond acceptors (Lipinski definition) is 3. The summed E-state index contributed by atoms with van der Waals surface area (Å²) in [5.41, 5.74) is 1.76. The molecule has 1 aliphatic carbocycles. The number of rotatable bonds is 7. The van der Waals surface area contributed by atoms with E-state index >= 15 is 0 Å². The van der Waals surface area contributed by atoms with Gasteiger partial charge in [0.2, 0.25) is 5.89 Å². The Kier molecular flexibility index (Phi) is 4.34. The second-order valence-corrected chi connectivity index (χ2v) is 5.83. The lowest BCUT2D eigenvalue weighted by atomic mass is 10.2. The Morgan fingerprint density at radius 3 is 2.71 bits per heavy atom. The van der Waals surface area contributed by atoms with Gasteiger partial charge in [-0.3, -0.25) is 4.90 Å². The fourth-order valence-corrected chi connectivity index (χ4v) is 2.55. The third-order valence-electron chi connectivity index (χ3n) is 3.78. The van der Waals surface area contributed by atoms with Crippen LogP contribution < -0.4 is 0 Å². The van der Waals surface area contributed by atoms with E-state index in [1.807, 2.05) is 0 Å². The molecule has 0 bridgehead atoms. The zero-order valence-corrected chi connectivity index (χ0v) is 12.4. The molecule has 0 saturated heterocycles. The maximum absolute atomic E-state index is 12.9. The Morgan fingerprint density at radius 2 is 2.05 bits per heavy atom. The average molecular weight is 288 g/mol. The van der Waals surface area contributed by atoms with Crippen molar-refractivity contribution in [3.05, 3.63) is 42.0 Å². The molecule has 3 rings (SSSR count). The van der Waals surface area contributed by atoms with E-state index in [9.17, 15) is 4.39 Å². The largest absolute Gasteiger partial charge is 0.444 e. The maximum atomic E-state index is 12.9. The number of oxazole rings is 1. The molecule has 0 atom stereocenters. The number of nitrogens with zero attached hydrogens (tertiary/aromatic N) is 2. The first-order valence-electron chi connectivity index (χ1n) is 7.67. The molecule has 2 aromatic rings. The van der Waals surface area contributed by atoms with Gasteiger partial charge in [0.15, 0.2) is 0 Å². The minimum atomic E-state index is -0.246. The van der Waals surface area contributed by atoms with Gasteiger partial charge in [0.1, 0.15) is 12.1 Å². The van der Waals surface area contributed by atoms with Gasteiger partial charge < -0.3 is 4.42 Å². The highest BCUT2D eigenvalue weighted by atomic mass is 19.1. The summed E-state index contributed by atoms with van der Waals surface area (Å²) in [7, 11) is 0. The summed E-state index contributed by atoms with van der Waals surface area (Å²) in [6.45, 7) is 5.28. The lowest BCUT2D eigenvalue weighted by Gasteiger charge is -2.19. The molecule has 0 radical (unpaired) electrons. The molecule has 1 aromatic heterocycles. The number of halogens is 1. The first-order valence-corrected chi connectivity index (χ1v) is 7.67. The SMILES string of the molecule is CCCN(Cc1coc(-c2ccc(F)cc2)n1)CC1CC1. The Bertz CT molecular complexity index is 575. The molecular weight excluding hydrogens is 267 g/mol. The number of benzene rings is 1. The van der Waals surface area contributed by atoms with Crippen LogP contribution >= 0.6 is 0 Å². The molecule has 0 unspecified atom stereocenters. The Morgan fingerprint density at radius 1 is 1.29 bits per heavy atom. The van der Waals surface area contributed by atoms with E-state index in [0.29, 0.717) is 5.89 Å². The van der Waals surface area contributed by atoms with Crippen LogP contribution in [-0.2, 0) is 6.54 Å². The molecule has 3 nitrogen and oxygen atoms in total. The topological polar surface area (TPSA) is 29.3 Å². The minimum Gasteiger partial charge on any atom is -0.444 e. The van der Waals surface area contributed by atoms with Gasteiger partial charge in [0, 0.05) is 18.7 Å². The molecule has 0 spiro atoms. The van der Waals surface area contributed by atoms with Crippen molar-refractivity contribution >= 4 is 0 Å². The second kappa shape index (κ2) is 6.39. The van der Waals surface area contributed by atoms with Gasteiger partial charge in [0.25, 0.3) is 0 Å².